The van der Waals surface area contributed by atoms with Gasteiger partial charge in [0, 0.05) is 19.2 Å². The maximum absolute atomic E-state index is 13.8. The lowest BCUT2D eigenvalue weighted by Crippen LogP contribution is -2.43. The van der Waals surface area contributed by atoms with Gasteiger partial charge in [0.1, 0.15) is 6.54 Å². The molecule has 0 radical (unpaired) electrons. The molecule has 2 aromatic rings. The number of likely N-dealkylation sites (tertiary alicyclic amines) is 1. The molecule has 0 atom stereocenters. The molecule has 3 rings (SSSR count). The number of rotatable bonds is 7. The average molecular weight is 461 g/mol. The van der Waals surface area contributed by atoms with E-state index in [1.807, 2.05) is 19.9 Å². The monoisotopic (exact) mass is 460 g/mol. The molecule has 32 heavy (non-hydrogen) atoms. The molecule has 1 fully saturated rings. The Kier molecular flexibility index (Phi) is 7.66. The molecule has 0 aliphatic carbocycles. The van der Waals surface area contributed by atoms with Crippen LogP contribution in [-0.2, 0) is 14.8 Å². The average Bonchev–Trinajstić information content (AvgIpc) is 3.05. The van der Waals surface area contributed by atoms with Crippen LogP contribution in [0.4, 0.5) is 5.69 Å². The SMILES string of the molecule is COc1ccc(S(=O)(=O)N(CC(=O)N2CCCCCC2)c2cc(C)cc(C)c2)cc1OC. The molecule has 2 aromatic carbocycles. The zero-order valence-corrected chi connectivity index (χ0v) is 20.1. The number of carbonyl (C=O) groups is 1. The summed E-state index contributed by atoms with van der Waals surface area (Å²) in [5.74, 6) is 0.563. The molecule has 174 valence electrons. The smallest absolute Gasteiger partial charge is 0.264 e. The van der Waals surface area contributed by atoms with Gasteiger partial charge < -0.3 is 14.4 Å². The Morgan fingerprint density at radius 1 is 0.906 bits per heavy atom. The van der Waals surface area contributed by atoms with E-state index in [0.717, 1.165) is 36.8 Å². The van der Waals surface area contributed by atoms with Gasteiger partial charge in [-0.15, -0.1) is 0 Å². The Bertz CT molecular complexity index is 1040. The number of nitrogens with zero attached hydrogens (tertiary/aromatic N) is 2. The number of benzene rings is 2. The third kappa shape index (κ3) is 5.35. The van der Waals surface area contributed by atoms with Crippen LogP contribution < -0.4 is 13.8 Å². The second-order valence-electron chi connectivity index (χ2n) is 8.17. The van der Waals surface area contributed by atoms with Gasteiger partial charge in [0.05, 0.1) is 24.8 Å². The van der Waals surface area contributed by atoms with Gasteiger partial charge in [0.25, 0.3) is 10.0 Å². The van der Waals surface area contributed by atoms with Gasteiger partial charge in [0.2, 0.25) is 5.91 Å². The van der Waals surface area contributed by atoms with E-state index in [-0.39, 0.29) is 17.3 Å². The van der Waals surface area contributed by atoms with Crippen LogP contribution in [0.2, 0.25) is 0 Å². The molecule has 7 nitrogen and oxygen atoms in total. The maximum atomic E-state index is 13.8. The summed E-state index contributed by atoms with van der Waals surface area (Å²) in [6.45, 7) is 4.90. The standard InChI is InChI=1S/C24H32N2O5S/c1-18-13-19(2)15-20(14-18)26(17-24(27)25-11-7-5-6-8-12-25)32(28,29)21-9-10-22(30-3)23(16-21)31-4/h9-10,13-16H,5-8,11-12,17H2,1-4H3. The summed E-state index contributed by atoms with van der Waals surface area (Å²) in [7, 11) is -1.09. The van der Waals surface area contributed by atoms with E-state index in [1.165, 1.54) is 30.7 Å². The number of anilines is 1. The van der Waals surface area contributed by atoms with Crippen molar-refractivity contribution >= 4 is 21.6 Å². The first-order valence-electron chi connectivity index (χ1n) is 10.9. The van der Waals surface area contributed by atoms with Crippen molar-refractivity contribution in [3.05, 3.63) is 47.5 Å². The fourth-order valence-corrected chi connectivity index (χ4v) is 5.47. The van der Waals surface area contributed by atoms with Crippen LogP contribution in [0.25, 0.3) is 0 Å². The van der Waals surface area contributed by atoms with E-state index in [9.17, 15) is 13.2 Å². The first-order valence-corrected chi connectivity index (χ1v) is 12.3. The summed E-state index contributed by atoms with van der Waals surface area (Å²) in [6, 6.07) is 10.0. The second kappa shape index (κ2) is 10.3. The number of hydrogen-bond donors (Lipinski definition) is 0. The first-order chi connectivity index (χ1) is 15.3. The number of carbonyl (C=O) groups excluding carboxylic acids is 1. The number of ether oxygens (including phenoxy) is 2. The number of hydrogen-bond acceptors (Lipinski definition) is 5. The summed E-state index contributed by atoms with van der Waals surface area (Å²) >= 11 is 0. The van der Waals surface area contributed by atoms with Gasteiger partial charge in [0.15, 0.2) is 11.5 Å². The van der Waals surface area contributed by atoms with E-state index in [4.69, 9.17) is 9.47 Å². The van der Waals surface area contributed by atoms with Crippen LogP contribution >= 0.6 is 0 Å². The van der Waals surface area contributed by atoms with Crippen LogP contribution in [0.5, 0.6) is 11.5 Å². The van der Waals surface area contributed by atoms with Crippen molar-refractivity contribution in [1.29, 1.82) is 0 Å². The summed E-state index contributed by atoms with van der Waals surface area (Å²) in [5, 5.41) is 0. The van der Waals surface area contributed by atoms with Crippen molar-refractivity contribution in [2.75, 3.05) is 38.2 Å². The molecular formula is C24H32N2O5S. The molecule has 1 amide bonds. The Morgan fingerprint density at radius 2 is 1.50 bits per heavy atom. The van der Waals surface area contributed by atoms with Crippen LogP contribution in [0, 0.1) is 13.8 Å². The van der Waals surface area contributed by atoms with E-state index in [0.29, 0.717) is 30.3 Å². The predicted octanol–water partition coefficient (Wildman–Crippen LogP) is 3.92. The molecule has 0 unspecified atom stereocenters. The third-order valence-electron chi connectivity index (χ3n) is 5.68. The number of sulfonamides is 1. The van der Waals surface area contributed by atoms with Crippen molar-refractivity contribution in [2.24, 2.45) is 0 Å². The van der Waals surface area contributed by atoms with Crippen molar-refractivity contribution in [1.82, 2.24) is 4.90 Å². The lowest BCUT2D eigenvalue weighted by atomic mass is 10.1. The quantitative estimate of drug-likeness (QED) is 0.626. The van der Waals surface area contributed by atoms with Gasteiger partial charge in [-0.2, -0.15) is 0 Å². The minimum absolute atomic E-state index is 0.0398. The molecule has 1 saturated heterocycles. The Morgan fingerprint density at radius 3 is 2.06 bits per heavy atom. The highest BCUT2D eigenvalue weighted by Crippen LogP contribution is 2.33. The molecule has 1 heterocycles. The Balaban J connectivity index is 2.04. The third-order valence-corrected chi connectivity index (χ3v) is 7.44. The molecule has 0 N–H and O–H groups in total. The van der Waals surface area contributed by atoms with Gasteiger partial charge in [-0.1, -0.05) is 18.9 Å². The Hall–Kier alpha value is -2.74. The minimum Gasteiger partial charge on any atom is -0.493 e. The fourth-order valence-electron chi connectivity index (χ4n) is 4.06. The topological polar surface area (TPSA) is 76.2 Å². The summed E-state index contributed by atoms with van der Waals surface area (Å²) in [6.07, 6.45) is 4.07. The molecule has 0 bridgehead atoms. The van der Waals surface area contributed by atoms with Crippen LogP contribution in [0.1, 0.15) is 36.8 Å². The second-order valence-corrected chi connectivity index (χ2v) is 10.0. The van der Waals surface area contributed by atoms with Crippen molar-refractivity contribution in [2.45, 2.75) is 44.4 Å². The minimum atomic E-state index is -4.04. The fraction of sp³-hybridized carbons (Fsp3) is 0.458. The molecule has 8 heteroatoms. The first kappa shape index (κ1) is 23.9. The van der Waals surface area contributed by atoms with Crippen molar-refractivity contribution < 1.29 is 22.7 Å². The summed E-state index contributed by atoms with van der Waals surface area (Å²) in [5.41, 5.74) is 2.32. The van der Waals surface area contributed by atoms with Gasteiger partial charge in [-0.25, -0.2) is 8.42 Å². The molecular weight excluding hydrogens is 428 g/mol. The lowest BCUT2D eigenvalue weighted by molar-refractivity contribution is -0.129. The summed E-state index contributed by atoms with van der Waals surface area (Å²) < 4.78 is 39.3. The predicted molar refractivity (Wildman–Crippen MR) is 125 cm³/mol. The number of methoxy groups -OCH3 is 2. The van der Waals surface area contributed by atoms with E-state index >= 15 is 0 Å². The highest BCUT2D eigenvalue weighted by Gasteiger charge is 2.30. The lowest BCUT2D eigenvalue weighted by Gasteiger charge is -2.28. The molecule has 1 aliphatic heterocycles. The van der Waals surface area contributed by atoms with Crippen LogP contribution in [0.3, 0.4) is 0 Å². The molecule has 0 aromatic heterocycles. The van der Waals surface area contributed by atoms with Crippen molar-refractivity contribution in [3.8, 4) is 11.5 Å². The van der Waals surface area contributed by atoms with Gasteiger partial charge >= 0.3 is 0 Å². The molecule has 0 saturated carbocycles. The van der Waals surface area contributed by atoms with Crippen molar-refractivity contribution in [3.63, 3.8) is 0 Å². The molecule has 0 spiro atoms. The van der Waals surface area contributed by atoms with E-state index < -0.39 is 10.0 Å². The van der Waals surface area contributed by atoms with Gasteiger partial charge in [-0.05, 0) is 62.1 Å². The Labute approximate surface area is 191 Å². The largest absolute Gasteiger partial charge is 0.493 e. The number of aryl methyl sites for hydroxylation is 2. The maximum Gasteiger partial charge on any atom is 0.264 e. The zero-order chi connectivity index (χ0) is 23.3. The summed E-state index contributed by atoms with van der Waals surface area (Å²) in [4.78, 5) is 15.0. The van der Waals surface area contributed by atoms with Crippen LogP contribution in [-0.4, -0.2) is 53.1 Å². The van der Waals surface area contributed by atoms with E-state index in [1.54, 1.807) is 23.1 Å². The van der Waals surface area contributed by atoms with Crippen LogP contribution in [0.15, 0.2) is 41.3 Å². The normalized spacial score (nSPS) is 14.6. The van der Waals surface area contributed by atoms with E-state index in [2.05, 4.69) is 0 Å². The highest BCUT2D eigenvalue weighted by molar-refractivity contribution is 7.92. The van der Waals surface area contributed by atoms with Gasteiger partial charge in [-0.3, -0.25) is 9.10 Å². The highest BCUT2D eigenvalue weighted by atomic mass is 32.2. The molecule has 1 aliphatic rings. The number of amides is 1. The zero-order valence-electron chi connectivity index (χ0n) is 19.3.